The van der Waals surface area contributed by atoms with E-state index >= 15 is 0 Å². The van der Waals surface area contributed by atoms with Crippen LogP contribution < -0.4 is 10.2 Å². The molecule has 2 heterocycles. The van der Waals surface area contributed by atoms with E-state index in [0.29, 0.717) is 0 Å². The van der Waals surface area contributed by atoms with Gasteiger partial charge in [-0.3, -0.25) is 4.99 Å². The molecule has 138 valence electrons. The number of ether oxygens (including phenoxy) is 1. The summed E-state index contributed by atoms with van der Waals surface area (Å²) in [4.78, 5) is 9.63. The smallest absolute Gasteiger partial charge is 0.194 e. The highest BCUT2D eigenvalue weighted by Gasteiger charge is 2.20. The van der Waals surface area contributed by atoms with Crippen molar-refractivity contribution < 1.29 is 4.74 Å². The third-order valence-electron chi connectivity index (χ3n) is 3.89. The van der Waals surface area contributed by atoms with E-state index in [4.69, 9.17) is 9.73 Å². The van der Waals surface area contributed by atoms with Gasteiger partial charge in [-0.1, -0.05) is 0 Å². The fourth-order valence-corrected chi connectivity index (χ4v) is 3.44. The lowest BCUT2D eigenvalue weighted by molar-refractivity contribution is 0.144. The summed E-state index contributed by atoms with van der Waals surface area (Å²) in [5.74, 6) is 1.06. The molecule has 0 aliphatic carbocycles. The Balaban J connectivity index is 0.00000288. The molecule has 7 heteroatoms. The summed E-state index contributed by atoms with van der Waals surface area (Å²) in [6.07, 6.45) is 2.17. The van der Waals surface area contributed by atoms with E-state index in [-0.39, 0.29) is 24.0 Å². The maximum atomic E-state index is 5.37. The van der Waals surface area contributed by atoms with E-state index in [1.807, 2.05) is 18.3 Å². The number of hydrogen-bond acceptors (Lipinski definition) is 4. The van der Waals surface area contributed by atoms with Crippen LogP contribution in [0.15, 0.2) is 22.5 Å². The normalized spacial score (nSPS) is 15.3. The van der Waals surface area contributed by atoms with Crippen LogP contribution in [0.5, 0.6) is 0 Å². The Morgan fingerprint density at radius 1 is 1.25 bits per heavy atom. The van der Waals surface area contributed by atoms with Crippen LogP contribution in [0.4, 0.5) is 5.00 Å². The van der Waals surface area contributed by atoms with Crippen molar-refractivity contribution >= 4 is 46.3 Å². The average molecular weight is 466 g/mol. The number of halogens is 1. The van der Waals surface area contributed by atoms with Gasteiger partial charge in [0.1, 0.15) is 0 Å². The highest BCUT2D eigenvalue weighted by atomic mass is 127. The summed E-state index contributed by atoms with van der Waals surface area (Å²) in [7, 11) is 0. The third kappa shape index (κ3) is 7.14. The summed E-state index contributed by atoms with van der Waals surface area (Å²) >= 11 is 1.82. The van der Waals surface area contributed by atoms with Crippen molar-refractivity contribution in [3.63, 3.8) is 0 Å². The van der Waals surface area contributed by atoms with Crippen molar-refractivity contribution in [1.29, 1.82) is 0 Å². The van der Waals surface area contributed by atoms with Crippen LogP contribution >= 0.6 is 35.3 Å². The molecule has 2 rings (SSSR count). The second-order valence-corrected chi connectivity index (χ2v) is 6.49. The van der Waals surface area contributed by atoms with E-state index in [1.165, 1.54) is 5.00 Å². The van der Waals surface area contributed by atoms with Gasteiger partial charge >= 0.3 is 0 Å². The molecule has 0 atom stereocenters. The Kier molecular flexibility index (Phi) is 11.4. The molecule has 0 bridgehead atoms. The van der Waals surface area contributed by atoms with E-state index in [0.717, 1.165) is 71.3 Å². The van der Waals surface area contributed by atoms with Gasteiger partial charge in [0.05, 0.1) is 5.00 Å². The lowest BCUT2D eigenvalue weighted by Crippen LogP contribution is -2.52. The predicted molar refractivity (Wildman–Crippen MR) is 115 cm³/mol. The Morgan fingerprint density at radius 3 is 2.67 bits per heavy atom. The van der Waals surface area contributed by atoms with Gasteiger partial charge < -0.3 is 19.9 Å². The highest BCUT2D eigenvalue weighted by molar-refractivity contribution is 14.0. The quantitative estimate of drug-likeness (QED) is 0.276. The minimum Gasteiger partial charge on any atom is -0.382 e. The molecule has 0 radical (unpaired) electrons. The second-order valence-electron chi connectivity index (χ2n) is 5.57. The number of aliphatic imine (C=N–C) groups is 1. The standard InChI is InChI=1S/C17H30N4OS.HI/c1-3-18-17(19-9-5-6-14-22-4-2)21-12-10-20(11-13-21)16-8-7-15-23-16;/h7-8,15H,3-6,9-14H2,1-2H3,(H,18,19);1H. The lowest BCUT2D eigenvalue weighted by Gasteiger charge is -2.37. The zero-order valence-electron chi connectivity index (χ0n) is 14.9. The second kappa shape index (κ2) is 12.8. The maximum absolute atomic E-state index is 5.37. The van der Waals surface area contributed by atoms with Crippen LogP contribution in [0.2, 0.25) is 0 Å². The van der Waals surface area contributed by atoms with Crippen LogP contribution in [0.1, 0.15) is 26.7 Å². The molecule has 1 aromatic rings. The number of thiophene rings is 1. The van der Waals surface area contributed by atoms with Crippen LogP contribution in [0, 0.1) is 0 Å². The number of guanidine groups is 1. The van der Waals surface area contributed by atoms with Gasteiger partial charge in [0, 0.05) is 52.5 Å². The zero-order valence-corrected chi connectivity index (χ0v) is 18.0. The fourth-order valence-electron chi connectivity index (χ4n) is 2.66. The third-order valence-corrected chi connectivity index (χ3v) is 4.82. The number of rotatable bonds is 8. The van der Waals surface area contributed by atoms with Crippen molar-refractivity contribution in [2.24, 2.45) is 4.99 Å². The number of unbranched alkanes of at least 4 members (excludes halogenated alkanes) is 1. The van der Waals surface area contributed by atoms with Crippen LogP contribution in [0.3, 0.4) is 0 Å². The van der Waals surface area contributed by atoms with Crippen molar-refractivity contribution in [3.05, 3.63) is 17.5 Å². The number of nitrogens with one attached hydrogen (secondary N) is 1. The van der Waals surface area contributed by atoms with Gasteiger partial charge in [-0.25, -0.2) is 0 Å². The summed E-state index contributed by atoms with van der Waals surface area (Å²) in [5, 5.41) is 6.96. The summed E-state index contributed by atoms with van der Waals surface area (Å²) in [6.45, 7) is 11.8. The van der Waals surface area contributed by atoms with E-state index < -0.39 is 0 Å². The molecule has 1 N–H and O–H groups in total. The van der Waals surface area contributed by atoms with E-state index in [2.05, 4.69) is 39.6 Å². The number of anilines is 1. The highest BCUT2D eigenvalue weighted by Crippen LogP contribution is 2.22. The maximum Gasteiger partial charge on any atom is 0.194 e. The Bertz CT molecular complexity index is 447. The molecule has 0 saturated carbocycles. The molecule has 0 aromatic carbocycles. The number of nitrogens with zero attached hydrogens (tertiary/aromatic N) is 3. The van der Waals surface area contributed by atoms with Crippen molar-refractivity contribution in [3.8, 4) is 0 Å². The molecular formula is C17H31IN4OS. The summed E-state index contributed by atoms with van der Waals surface area (Å²) in [5.41, 5.74) is 0. The van der Waals surface area contributed by atoms with Gasteiger partial charge in [-0.05, 0) is 44.2 Å². The number of hydrogen-bond donors (Lipinski definition) is 1. The molecule has 1 aromatic heterocycles. The van der Waals surface area contributed by atoms with Gasteiger partial charge in [0.2, 0.25) is 0 Å². The molecule has 1 saturated heterocycles. The fraction of sp³-hybridized carbons (Fsp3) is 0.706. The van der Waals surface area contributed by atoms with E-state index in [1.54, 1.807) is 0 Å². The zero-order chi connectivity index (χ0) is 16.3. The largest absolute Gasteiger partial charge is 0.382 e. The van der Waals surface area contributed by atoms with E-state index in [9.17, 15) is 0 Å². The van der Waals surface area contributed by atoms with Crippen LogP contribution in [-0.4, -0.2) is 63.3 Å². The molecule has 1 fully saturated rings. The van der Waals surface area contributed by atoms with Crippen LogP contribution in [0.25, 0.3) is 0 Å². The monoisotopic (exact) mass is 466 g/mol. The van der Waals surface area contributed by atoms with Gasteiger partial charge in [0.15, 0.2) is 5.96 Å². The minimum atomic E-state index is 0. The Labute approximate surface area is 167 Å². The minimum absolute atomic E-state index is 0. The average Bonchev–Trinajstić information content (AvgIpc) is 3.12. The van der Waals surface area contributed by atoms with Crippen molar-refractivity contribution in [2.75, 3.05) is 57.4 Å². The van der Waals surface area contributed by atoms with Gasteiger partial charge in [-0.2, -0.15) is 0 Å². The molecule has 0 spiro atoms. The SMILES string of the molecule is CCNC(=NCCCCOCC)N1CCN(c2cccs2)CC1.I. The lowest BCUT2D eigenvalue weighted by atomic mass is 10.3. The topological polar surface area (TPSA) is 40.1 Å². The first-order valence-electron chi connectivity index (χ1n) is 8.74. The van der Waals surface area contributed by atoms with Crippen molar-refractivity contribution in [2.45, 2.75) is 26.7 Å². The molecule has 5 nitrogen and oxygen atoms in total. The van der Waals surface area contributed by atoms with Gasteiger partial charge in [-0.15, -0.1) is 35.3 Å². The van der Waals surface area contributed by atoms with Crippen molar-refractivity contribution in [1.82, 2.24) is 10.2 Å². The Morgan fingerprint density at radius 2 is 2.04 bits per heavy atom. The molecule has 1 aliphatic rings. The first kappa shape index (κ1) is 21.5. The molecule has 1 aliphatic heterocycles. The molecule has 0 unspecified atom stereocenters. The number of piperazine rings is 1. The molecule has 24 heavy (non-hydrogen) atoms. The molecular weight excluding hydrogens is 435 g/mol. The predicted octanol–water partition coefficient (Wildman–Crippen LogP) is 3.27. The van der Waals surface area contributed by atoms with Gasteiger partial charge in [0.25, 0.3) is 0 Å². The van der Waals surface area contributed by atoms with Crippen LogP contribution in [-0.2, 0) is 4.74 Å². The summed E-state index contributed by atoms with van der Waals surface area (Å²) in [6, 6.07) is 4.33. The first-order valence-corrected chi connectivity index (χ1v) is 9.62. The summed E-state index contributed by atoms with van der Waals surface area (Å²) < 4.78 is 5.37. The Hall–Kier alpha value is -0.540. The molecule has 0 amide bonds. The first-order chi connectivity index (χ1) is 11.3.